The zero-order valence-electron chi connectivity index (χ0n) is 14.6. The predicted octanol–water partition coefficient (Wildman–Crippen LogP) is 2.96. The molecule has 1 heterocycles. The first kappa shape index (κ1) is 17.2. The molecule has 2 aromatic rings. The number of likely N-dealkylation sites (tertiary alicyclic amines) is 1. The van der Waals surface area contributed by atoms with E-state index in [-0.39, 0.29) is 11.8 Å². The van der Waals surface area contributed by atoms with Gasteiger partial charge in [0, 0.05) is 25.1 Å². The van der Waals surface area contributed by atoms with E-state index in [1.54, 1.807) is 6.07 Å². The van der Waals surface area contributed by atoms with E-state index in [1.165, 1.54) is 0 Å². The molecule has 0 spiro atoms. The summed E-state index contributed by atoms with van der Waals surface area (Å²) in [6, 6.07) is 16.8. The van der Waals surface area contributed by atoms with E-state index >= 15 is 0 Å². The molecular weight excluding hydrogens is 312 g/mol. The monoisotopic (exact) mass is 336 g/mol. The van der Waals surface area contributed by atoms with Crippen LogP contribution in [0.5, 0.6) is 0 Å². The van der Waals surface area contributed by atoms with Crippen LogP contribution in [0.4, 0.5) is 0 Å². The van der Waals surface area contributed by atoms with E-state index in [1.807, 2.05) is 60.4 Å². The lowest BCUT2D eigenvalue weighted by atomic mass is 10.0. The van der Waals surface area contributed by atoms with E-state index in [0.29, 0.717) is 12.0 Å². The zero-order chi connectivity index (χ0) is 17.6. The van der Waals surface area contributed by atoms with Gasteiger partial charge in [-0.25, -0.2) is 0 Å². The summed E-state index contributed by atoms with van der Waals surface area (Å²) in [6.07, 6.45) is 2.58. The second-order valence-corrected chi connectivity index (χ2v) is 6.56. The zero-order valence-corrected chi connectivity index (χ0v) is 14.6. The number of carbonyl (C=O) groups excluding carboxylic acids is 2. The van der Waals surface area contributed by atoms with Crippen LogP contribution in [-0.2, 0) is 11.2 Å². The molecule has 1 aliphatic rings. The number of nitrogens with one attached hydrogen (secondary N) is 1. The Morgan fingerprint density at radius 2 is 1.64 bits per heavy atom. The Morgan fingerprint density at radius 1 is 1.00 bits per heavy atom. The summed E-state index contributed by atoms with van der Waals surface area (Å²) in [6.45, 7) is 3.47. The number of hydrogen-bond donors (Lipinski definition) is 1. The van der Waals surface area contributed by atoms with Gasteiger partial charge in [0.25, 0.3) is 5.91 Å². The molecule has 4 heteroatoms. The Morgan fingerprint density at radius 3 is 2.32 bits per heavy atom. The van der Waals surface area contributed by atoms with Crippen LogP contribution in [0.25, 0.3) is 0 Å². The van der Waals surface area contributed by atoms with Gasteiger partial charge in [0.05, 0.1) is 0 Å². The Balaban J connectivity index is 1.79. The highest BCUT2D eigenvalue weighted by Crippen LogP contribution is 2.14. The lowest BCUT2D eigenvalue weighted by Gasteiger charge is -2.24. The SMILES string of the molecule is Cc1ccccc1C(=O)NC(Cc1ccccc1)C(=O)N1CCCC1. The maximum absolute atomic E-state index is 12.9. The highest BCUT2D eigenvalue weighted by molar-refractivity contribution is 5.98. The topological polar surface area (TPSA) is 49.4 Å². The molecule has 0 aromatic heterocycles. The van der Waals surface area contributed by atoms with Crippen LogP contribution in [-0.4, -0.2) is 35.8 Å². The molecule has 130 valence electrons. The number of aryl methyl sites for hydroxylation is 1. The summed E-state index contributed by atoms with van der Waals surface area (Å²) in [4.78, 5) is 27.5. The first-order valence-electron chi connectivity index (χ1n) is 8.84. The van der Waals surface area contributed by atoms with Crippen LogP contribution in [0.1, 0.15) is 34.3 Å². The molecule has 4 nitrogen and oxygen atoms in total. The van der Waals surface area contributed by atoms with E-state index in [4.69, 9.17) is 0 Å². The molecular formula is C21H24N2O2. The summed E-state index contributed by atoms with van der Waals surface area (Å²) in [7, 11) is 0. The van der Waals surface area contributed by atoms with Crippen molar-refractivity contribution in [2.45, 2.75) is 32.2 Å². The number of rotatable bonds is 5. The first-order valence-corrected chi connectivity index (χ1v) is 8.84. The molecule has 25 heavy (non-hydrogen) atoms. The fraction of sp³-hybridized carbons (Fsp3) is 0.333. The Kier molecular flexibility index (Phi) is 5.49. The third-order valence-electron chi connectivity index (χ3n) is 4.69. The highest BCUT2D eigenvalue weighted by atomic mass is 16.2. The minimum absolute atomic E-state index is 0.0169. The molecule has 1 saturated heterocycles. The molecule has 1 atom stereocenters. The molecule has 1 N–H and O–H groups in total. The highest BCUT2D eigenvalue weighted by Gasteiger charge is 2.28. The van der Waals surface area contributed by atoms with Crippen LogP contribution < -0.4 is 5.32 Å². The van der Waals surface area contributed by atoms with Crippen LogP contribution in [0.2, 0.25) is 0 Å². The van der Waals surface area contributed by atoms with Crippen molar-refractivity contribution in [3.05, 3.63) is 71.3 Å². The van der Waals surface area contributed by atoms with Gasteiger partial charge in [-0.3, -0.25) is 9.59 Å². The van der Waals surface area contributed by atoms with Crippen molar-refractivity contribution in [3.63, 3.8) is 0 Å². The normalized spacial score (nSPS) is 15.0. The fourth-order valence-corrected chi connectivity index (χ4v) is 3.27. The number of nitrogens with zero attached hydrogens (tertiary/aromatic N) is 1. The summed E-state index contributed by atoms with van der Waals surface area (Å²) in [5.74, 6) is -0.171. The van der Waals surface area contributed by atoms with E-state index in [9.17, 15) is 9.59 Å². The minimum Gasteiger partial charge on any atom is -0.341 e. The van der Waals surface area contributed by atoms with Crippen molar-refractivity contribution >= 4 is 11.8 Å². The molecule has 1 unspecified atom stereocenters. The van der Waals surface area contributed by atoms with E-state index in [0.717, 1.165) is 37.1 Å². The van der Waals surface area contributed by atoms with Crippen LogP contribution in [0.15, 0.2) is 54.6 Å². The van der Waals surface area contributed by atoms with Crippen molar-refractivity contribution in [1.82, 2.24) is 10.2 Å². The van der Waals surface area contributed by atoms with Crippen molar-refractivity contribution in [2.24, 2.45) is 0 Å². The van der Waals surface area contributed by atoms with Gasteiger partial charge >= 0.3 is 0 Å². The fourth-order valence-electron chi connectivity index (χ4n) is 3.27. The van der Waals surface area contributed by atoms with E-state index in [2.05, 4.69) is 5.32 Å². The Bertz CT molecular complexity index is 737. The van der Waals surface area contributed by atoms with Gasteiger partial charge in [-0.2, -0.15) is 0 Å². The Labute approximate surface area is 148 Å². The average Bonchev–Trinajstić information content (AvgIpc) is 3.16. The Hall–Kier alpha value is -2.62. The van der Waals surface area contributed by atoms with Gasteiger partial charge in [0.15, 0.2) is 0 Å². The van der Waals surface area contributed by atoms with Crippen LogP contribution in [0, 0.1) is 6.92 Å². The lowest BCUT2D eigenvalue weighted by molar-refractivity contribution is -0.132. The predicted molar refractivity (Wildman–Crippen MR) is 98.4 cm³/mol. The molecule has 0 bridgehead atoms. The third-order valence-corrected chi connectivity index (χ3v) is 4.69. The largest absolute Gasteiger partial charge is 0.341 e. The van der Waals surface area contributed by atoms with Crippen molar-refractivity contribution in [2.75, 3.05) is 13.1 Å². The van der Waals surface area contributed by atoms with Gasteiger partial charge < -0.3 is 10.2 Å². The quantitative estimate of drug-likeness (QED) is 0.912. The van der Waals surface area contributed by atoms with Gasteiger partial charge in [-0.1, -0.05) is 48.5 Å². The summed E-state index contributed by atoms with van der Waals surface area (Å²) in [5, 5.41) is 2.97. The van der Waals surface area contributed by atoms with Gasteiger partial charge in [0.1, 0.15) is 6.04 Å². The third kappa shape index (κ3) is 4.27. The number of hydrogen-bond acceptors (Lipinski definition) is 2. The molecule has 2 aromatic carbocycles. The van der Waals surface area contributed by atoms with Crippen LogP contribution >= 0.6 is 0 Å². The molecule has 1 aliphatic heterocycles. The second kappa shape index (κ2) is 7.97. The molecule has 0 saturated carbocycles. The maximum Gasteiger partial charge on any atom is 0.252 e. The smallest absolute Gasteiger partial charge is 0.252 e. The average molecular weight is 336 g/mol. The molecule has 0 radical (unpaired) electrons. The summed E-state index contributed by atoms with van der Waals surface area (Å²) in [5.41, 5.74) is 2.58. The molecule has 3 rings (SSSR count). The van der Waals surface area contributed by atoms with Gasteiger partial charge in [-0.05, 0) is 37.0 Å². The minimum atomic E-state index is -0.535. The standard InChI is InChI=1S/C21H24N2O2/c1-16-9-5-6-12-18(16)20(24)22-19(15-17-10-3-2-4-11-17)21(25)23-13-7-8-14-23/h2-6,9-12,19H,7-8,13-15H2,1H3,(H,22,24). The molecule has 0 aliphatic carbocycles. The van der Waals surface area contributed by atoms with Crippen molar-refractivity contribution in [3.8, 4) is 0 Å². The first-order chi connectivity index (χ1) is 12.1. The molecule has 2 amide bonds. The lowest BCUT2D eigenvalue weighted by Crippen LogP contribution is -2.49. The van der Waals surface area contributed by atoms with Gasteiger partial charge in [-0.15, -0.1) is 0 Å². The van der Waals surface area contributed by atoms with Crippen LogP contribution in [0.3, 0.4) is 0 Å². The molecule has 1 fully saturated rings. The summed E-state index contributed by atoms with van der Waals surface area (Å²) >= 11 is 0. The van der Waals surface area contributed by atoms with E-state index < -0.39 is 6.04 Å². The summed E-state index contributed by atoms with van der Waals surface area (Å²) < 4.78 is 0. The van der Waals surface area contributed by atoms with Crippen molar-refractivity contribution < 1.29 is 9.59 Å². The second-order valence-electron chi connectivity index (χ2n) is 6.56. The number of benzene rings is 2. The van der Waals surface area contributed by atoms with Gasteiger partial charge in [0.2, 0.25) is 5.91 Å². The number of amides is 2. The van der Waals surface area contributed by atoms with Crippen molar-refractivity contribution in [1.29, 1.82) is 0 Å². The number of carbonyl (C=O) groups is 2. The maximum atomic E-state index is 12.9.